The molecule has 0 saturated carbocycles. The van der Waals surface area contributed by atoms with Crippen LogP contribution < -0.4 is 10.0 Å². The van der Waals surface area contributed by atoms with E-state index in [0.717, 1.165) is 4.88 Å². The summed E-state index contributed by atoms with van der Waals surface area (Å²) in [6.45, 7) is 2.21. The van der Waals surface area contributed by atoms with Crippen LogP contribution in [0.5, 0.6) is 0 Å². The van der Waals surface area contributed by atoms with Crippen molar-refractivity contribution in [1.29, 1.82) is 0 Å². The Morgan fingerprint density at radius 1 is 1.11 bits per heavy atom. The Hall–Kier alpha value is -2.71. The molecule has 1 amide bonds. The molecule has 0 atom stereocenters. The third kappa shape index (κ3) is 4.96. The Bertz CT molecular complexity index is 1060. The molecular formula is C20H19FN2O3S2. The van der Waals surface area contributed by atoms with Crippen LogP contribution in [0, 0.1) is 12.7 Å². The zero-order valence-corrected chi connectivity index (χ0v) is 16.7. The van der Waals surface area contributed by atoms with E-state index < -0.39 is 15.8 Å². The van der Waals surface area contributed by atoms with Crippen LogP contribution in [-0.4, -0.2) is 20.9 Å². The molecule has 5 nitrogen and oxygen atoms in total. The predicted molar refractivity (Wildman–Crippen MR) is 109 cm³/mol. The summed E-state index contributed by atoms with van der Waals surface area (Å²) < 4.78 is 40.6. The number of thiophene rings is 1. The van der Waals surface area contributed by atoms with Crippen molar-refractivity contribution in [3.8, 4) is 0 Å². The van der Waals surface area contributed by atoms with Gasteiger partial charge in [0.15, 0.2) is 0 Å². The third-order valence-corrected chi connectivity index (χ3v) is 6.41. The van der Waals surface area contributed by atoms with E-state index in [-0.39, 0.29) is 16.5 Å². The van der Waals surface area contributed by atoms with Gasteiger partial charge in [-0.25, -0.2) is 12.8 Å². The van der Waals surface area contributed by atoms with Gasteiger partial charge in [-0.1, -0.05) is 12.1 Å². The Morgan fingerprint density at radius 2 is 1.86 bits per heavy atom. The van der Waals surface area contributed by atoms with Crippen LogP contribution in [0.1, 0.15) is 20.8 Å². The van der Waals surface area contributed by atoms with Crippen molar-refractivity contribution in [3.05, 3.63) is 81.8 Å². The first kappa shape index (κ1) is 20.0. The molecule has 28 heavy (non-hydrogen) atoms. The van der Waals surface area contributed by atoms with Crippen LogP contribution in [0.2, 0.25) is 0 Å². The lowest BCUT2D eigenvalue weighted by atomic mass is 10.1. The Morgan fingerprint density at radius 3 is 2.54 bits per heavy atom. The fraction of sp³-hybridized carbons (Fsp3) is 0.150. The molecule has 0 radical (unpaired) electrons. The summed E-state index contributed by atoms with van der Waals surface area (Å²) in [5, 5.41) is 4.80. The van der Waals surface area contributed by atoms with Gasteiger partial charge in [-0.05, 0) is 66.8 Å². The molecule has 0 saturated heterocycles. The van der Waals surface area contributed by atoms with Gasteiger partial charge in [0.2, 0.25) is 0 Å². The van der Waals surface area contributed by atoms with Gasteiger partial charge in [0.05, 0.1) is 4.90 Å². The lowest BCUT2D eigenvalue weighted by Gasteiger charge is -2.12. The zero-order valence-electron chi connectivity index (χ0n) is 15.1. The van der Waals surface area contributed by atoms with Gasteiger partial charge in [0, 0.05) is 22.7 Å². The molecule has 0 fully saturated rings. The summed E-state index contributed by atoms with van der Waals surface area (Å²) in [5.74, 6) is -0.785. The van der Waals surface area contributed by atoms with E-state index in [2.05, 4.69) is 10.0 Å². The van der Waals surface area contributed by atoms with Crippen molar-refractivity contribution in [3.63, 3.8) is 0 Å². The average molecular weight is 419 g/mol. The number of hydrogen-bond donors (Lipinski definition) is 2. The number of carbonyl (C=O) groups excluding carboxylic acids is 1. The SMILES string of the molecule is Cc1ccc(S(=O)(=O)Nc2ccc(F)cc2)cc1C(=O)NCCc1cccs1. The Balaban J connectivity index is 1.74. The molecule has 8 heteroatoms. The number of amides is 1. The van der Waals surface area contributed by atoms with Gasteiger partial charge in [-0.2, -0.15) is 0 Å². The topological polar surface area (TPSA) is 75.3 Å². The van der Waals surface area contributed by atoms with Gasteiger partial charge in [0.1, 0.15) is 5.82 Å². The number of anilines is 1. The van der Waals surface area contributed by atoms with Crippen LogP contribution in [0.25, 0.3) is 0 Å². The minimum absolute atomic E-state index is 0.0363. The molecule has 0 aliphatic rings. The van der Waals surface area contributed by atoms with Gasteiger partial charge in [0.25, 0.3) is 15.9 Å². The molecular weight excluding hydrogens is 399 g/mol. The molecule has 0 aliphatic heterocycles. The maximum absolute atomic E-state index is 13.0. The van der Waals surface area contributed by atoms with Crippen molar-refractivity contribution < 1.29 is 17.6 Å². The zero-order chi connectivity index (χ0) is 20.1. The van der Waals surface area contributed by atoms with Gasteiger partial charge >= 0.3 is 0 Å². The summed E-state index contributed by atoms with van der Waals surface area (Å²) >= 11 is 1.62. The van der Waals surface area contributed by atoms with Crippen molar-refractivity contribution in [2.75, 3.05) is 11.3 Å². The molecule has 3 aromatic rings. The summed E-state index contributed by atoms with van der Waals surface area (Å²) in [7, 11) is -3.91. The molecule has 0 bridgehead atoms. The fourth-order valence-corrected chi connectivity index (χ4v) is 4.39. The predicted octanol–water partition coefficient (Wildman–Crippen LogP) is 3.97. The molecule has 2 aromatic carbocycles. The van der Waals surface area contributed by atoms with Crippen LogP contribution in [0.3, 0.4) is 0 Å². The normalized spacial score (nSPS) is 11.2. The molecule has 0 spiro atoms. The number of hydrogen-bond acceptors (Lipinski definition) is 4. The van der Waals surface area contributed by atoms with Crippen molar-refractivity contribution >= 4 is 33.0 Å². The molecule has 0 unspecified atom stereocenters. The smallest absolute Gasteiger partial charge is 0.261 e. The second-order valence-corrected chi connectivity index (χ2v) is 8.89. The molecule has 3 rings (SSSR count). The summed E-state index contributed by atoms with van der Waals surface area (Å²) in [4.78, 5) is 13.6. The highest BCUT2D eigenvalue weighted by Gasteiger charge is 2.18. The monoisotopic (exact) mass is 418 g/mol. The molecule has 1 heterocycles. The minimum atomic E-state index is -3.91. The van der Waals surface area contributed by atoms with E-state index in [1.807, 2.05) is 17.5 Å². The largest absolute Gasteiger partial charge is 0.352 e. The van der Waals surface area contributed by atoms with Crippen LogP contribution in [0.15, 0.2) is 64.9 Å². The average Bonchev–Trinajstić information content (AvgIpc) is 3.17. The molecule has 1 aromatic heterocycles. The highest BCUT2D eigenvalue weighted by atomic mass is 32.2. The lowest BCUT2D eigenvalue weighted by Crippen LogP contribution is -2.26. The van der Waals surface area contributed by atoms with Crippen molar-refractivity contribution in [1.82, 2.24) is 5.32 Å². The van der Waals surface area contributed by atoms with Crippen molar-refractivity contribution in [2.45, 2.75) is 18.2 Å². The molecule has 2 N–H and O–H groups in total. The van der Waals surface area contributed by atoms with E-state index >= 15 is 0 Å². The van der Waals surface area contributed by atoms with Crippen molar-refractivity contribution in [2.24, 2.45) is 0 Å². The Labute approximate surface area is 167 Å². The van der Waals surface area contributed by atoms with E-state index in [9.17, 15) is 17.6 Å². The van der Waals surface area contributed by atoms with E-state index in [1.54, 1.807) is 24.3 Å². The number of nitrogens with one attached hydrogen (secondary N) is 2. The highest BCUT2D eigenvalue weighted by molar-refractivity contribution is 7.92. The maximum atomic E-state index is 13.0. The van der Waals surface area contributed by atoms with Gasteiger partial charge < -0.3 is 5.32 Å². The molecule has 0 aliphatic carbocycles. The van der Waals surface area contributed by atoms with E-state index in [1.165, 1.54) is 36.4 Å². The first-order valence-electron chi connectivity index (χ1n) is 8.55. The van der Waals surface area contributed by atoms with Crippen LogP contribution >= 0.6 is 11.3 Å². The van der Waals surface area contributed by atoms with E-state index in [4.69, 9.17) is 0 Å². The molecule has 146 valence electrons. The second-order valence-electron chi connectivity index (χ2n) is 6.17. The summed E-state index contributed by atoms with van der Waals surface area (Å²) in [6.07, 6.45) is 0.715. The maximum Gasteiger partial charge on any atom is 0.261 e. The highest BCUT2D eigenvalue weighted by Crippen LogP contribution is 2.20. The summed E-state index contributed by atoms with van der Waals surface area (Å²) in [6, 6.07) is 13.3. The van der Waals surface area contributed by atoms with Gasteiger partial charge in [-0.15, -0.1) is 11.3 Å². The number of benzene rings is 2. The number of sulfonamides is 1. The number of halogens is 1. The fourth-order valence-electron chi connectivity index (χ4n) is 2.59. The lowest BCUT2D eigenvalue weighted by molar-refractivity contribution is 0.0953. The second kappa shape index (κ2) is 8.53. The number of rotatable bonds is 7. The summed E-state index contributed by atoms with van der Waals surface area (Å²) in [5.41, 5.74) is 1.21. The number of aryl methyl sites for hydroxylation is 1. The quantitative estimate of drug-likeness (QED) is 0.610. The third-order valence-electron chi connectivity index (χ3n) is 4.10. The van der Waals surface area contributed by atoms with E-state index in [0.29, 0.717) is 24.1 Å². The Kier molecular flexibility index (Phi) is 6.11. The van der Waals surface area contributed by atoms with Crippen LogP contribution in [-0.2, 0) is 16.4 Å². The van der Waals surface area contributed by atoms with Crippen LogP contribution in [0.4, 0.5) is 10.1 Å². The minimum Gasteiger partial charge on any atom is -0.352 e. The van der Waals surface area contributed by atoms with Gasteiger partial charge in [-0.3, -0.25) is 9.52 Å². The first-order chi connectivity index (χ1) is 13.3. The standard InChI is InChI=1S/C20H19FN2O3S2/c1-14-4-9-18(28(25,26)23-16-7-5-15(21)6-8-16)13-19(14)20(24)22-11-10-17-3-2-12-27-17/h2-9,12-13,23H,10-11H2,1H3,(H,22,24). The number of carbonyl (C=O) groups is 1. The first-order valence-corrected chi connectivity index (χ1v) is 10.9.